The number of anilines is 1. The van der Waals surface area contributed by atoms with Gasteiger partial charge in [-0.1, -0.05) is 32.4 Å². The van der Waals surface area contributed by atoms with Crippen molar-refractivity contribution in [3.63, 3.8) is 0 Å². The summed E-state index contributed by atoms with van der Waals surface area (Å²) < 4.78 is 74.1. The fourth-order valence-electron chi connectivity index (χ4n) is 4.62. The number of carbonyl (C=O) groups is 4. The number of likely N-dealkylation sites (tertiary alicyclic amines) is 1. The quantitative estimate of drug-likeness (QED) is 0.213. The zero-order valence-electron chi connectivity index (χ0n) is 28.0. The number of halogens is 5. The van der Waals surface area contributed by atoms with Crippen molar-refractivity contribution in [2.75, 3.05) is 31.4 Å². The third kappa shape index (κ3) is 9.92. The molecule has 4 rings (SSSR count). The van der Waals surface area contributed by atoms with Crippen LogP contribution >= 0.6 is 11.6 Å². The van der Waals surface area contributed by atoms with Crippen molar-refractivity contribution in [1.82, 2.24) is 20.7 Å². The lowest BCUT2D eigenvalue weighted by Gasteiger charge is -2.34. The van der Waals surface area contributed by atoms with Crippen LogP contribution in [0.3, 0.4) is 0 Å². The number of hydrogen-bond acceptors (Lipinski definition) is 11. The standard InChI is InChI=1S/C31H37ClF4N6O8/c1-29(2,3)23(38-27(45)50-30(4,5)6)25(44)48-16-49-28(46)42(26-37-22-12-18(32)9-10-41(22)39-26)20-8-7-17(24(43)40-13-19(33)14-40)11-21(20)47-15-31(34,35)36/h7-12,19,22-23H,13-16H2,1-6H3,(H,37,39)(H,38,45)/t22?,23-/m1/s1. The first kappa shape index (κ1) is 38.1. The molecule has 50 heavy (non-hydrogen) atoms. The van der Waals surface area contributed by atoms with E-state index in [0.717, 1.165) is 17.0 Å². The Balaban J connectivity index is 1.61. The Kier molecular flexibility index (Phi) is 11.1. The molecule has 19 heteroatoms. The summed E-state index contributed by atoms with van der Waals surface area (Å²) in [5.41, 5.74) is 0.570. The van der Waals surface area contributed by atoms with Crippen LogP contribution in [0.25, 0.3) is 0 Å². The zero-order valence-corrected chi connectivity index (χ0v) is 28.7. The Morgan fingerprint density at radius 2 is 1.78 bits per heavy atom. The van der Waals surface area contributed by atoms with Crippen LogP contribution in [0.1, 0.15) is 51.9 Å². The molecule has 1 fully saturated rings. The first-order valence-corrected chi connectivity index (χ1v) is 15.6. The fraction of sp³-hybridized carbons (Fsp3) is 0.516. The van der Waals surface area contributed by atoms with Gasteiger partial charge in [-0.25, -0.2) is 28.7 Å². The number of benzene rings is 1. The second-order valence-corrected chi connectivity index (χ2v) is 13.9. The summed E-state index contributed by atoms with van der Waals surface area (Å²) in [6.07, 6.45) is -4.52. The summed E-state index contributed by atoms with van der Waals surface area (Å²) in [6, 6.07) is 2.06. The number of rotatable bonds is 8. The van der Waals surface area contributed by atoms with Gasteiger partial charge in [-0.2, -0.15) is 13.2 Å². The van der Waals surface area contributed by atoms with E-state index in [9.17, 15) is 36.7 Å². The molecular weight excluding hydrogens is 696 g/mol. The van der Waals surface area contributed by atoms with E-state index in [4.69, 9.17) is 30.5 Å². The average Bonchev–Trinajstić information content (AvgIpc) is 3.38. The van der Waals surface area contributed by atoms with Gasteiger partial charge in [0.05, 0.1) is 18.8 Å². The van der Waals surface area contributed by atoms with Gasteiger partial charge >= 0.3 is 24.3 Å². The van der Waals surface area contributed by atoms with Crippen LogP contribution in [0.2, 0.25) is 0 Å². The highest BCUT2D eigenvalue weighted by Crippen LogP contribution is 2.34. The molecule has 0 aromatic heterocycles. The number of hydrogen-bond donors (Lipinski definition) is 2. The second-order valence-electron chi connectivity index (χ2n) is 13.4. The molecule has 0 radical (unpaired) electrons. The number of nitrogens with one attached hydrogen (secondary N) is 2. The predicted octanol–water partition coefficient (Wildman–Crippen LogP) is 4.96. The summed E-state index contributed by atoms with van der Waals surface area (Å²) in [7, 11) is 0. The van der Waals surface area contributed by atoms with Crippen LogP contribution in [-0.4, -0.2) is 96.6 Å². The molecule has 0 aliphatic carbocycles. The van der Waals surface area contributed by atoms with Crippen LogP contribution in [0.15, 0.2) is 46.6 Å². The number of fused-ring (bicyclic) bond motifs is 1. The molecule has 14 nitrogen and oxygen atoms in total. The minimum Gasteiger partial charge on any atom is -0.482 e. The lowest BCUT2D eigenvalue weighted by atomic mass is 9.87. The molecule has 2 atom stereocenters. The van der Waals surface area contributed by atoms with Crippen LogP contribution < -0.4 is 20.4 Å². The Bertz CT molecular complexity index is 1580. The Labute approximate surface area is 289 Å². The summed E-state index contributed by atoms with van der Waals surface area (Å²) in [4.78, 5) is 58.3. The molecular formula is C31H37ClF4N6O8. The van der Waals surface area contributed by atoms with E-state index in [-0.39, 0.29) is 30.3 Å². The van der Waals surface area contributed by atoms with Crippen molar-refractivity contribution in [3.8, 4) is 5.75 Å². The molecule has 0 spiro atoms. The number of carbonyl (C=O) groups excluding carboxylic acids is 4. The number of hydrazine groups is 1. The highest BCUT2D eigenvalue weighted by Gasteiger charge is 2.39. The number of aliphatic imine (C=N–C) groups is 1. The Hall–Kier alpha value is -4.74. The topological polar surface area (TPSA) is 151 Å². The third-order valence-electron chi connectivity index (χ3n) is 6.98. The highest BCUT2D eigenvalue weighted by molar-refractivity contribution is 6.31. The molecule has 1 unspecified atom stereocenters. The van der Waals surface area contributed by atoms with E-state index in [1.807, 2.05) is 0 Å². The maximum absolute atomic E-state index is 13.7. The fourth-order valence-corrected chi connectivity index (χ4v) is 4.79. The SMILES string of the molecule is CC(C)(C)OC(=O)N[C@H](C(=O)OCOC(=O)N(C1=NC2C=C(Cl)C=CN2N1)c1ccc(C(=O)N2CC(F)C2)cc1OCC(F)(F)F)C(C)(C)C. The van der Waals surface area contributed by atoms with E-state index in [0.29, 0.717) is 9.93 Å². The van der Waals surface area contributed by atoms with Gasteiger partial charge in [0.2, 0.25) is 12.8 Å². The molecule has 3 amide bonds. The molecule has 1 aromatic rings. The minimum atomic E-state index is -4.82. The smallest absolute Gasteiger partial charge is 0.424 e. The van der Waals surface area contributed by atoms with Crippen LogP contribution in [-0.2, 0) is 19.0 Å². The van der Waals surface area contributed by atoms with Gasteiger partial charge in [-0.3, -0.25) is 15.2 Å². The third-order valence-corrected chi connectivity index (χ3v) is 7.23. The molecule has 0 bridgehead atoms. The monoisotopic (exact) mass is 732 g/mol. The summed E-state index contributed by atoms with van der Waals surface area (Å²) >= 11 is 6.09. The molecule has 1 saturated heterocycles. The number of ether oxygens (including phenoxy) is 4. The number of amides is 3. The van der Waals surface area contributed by atoms with Crippen LogP contribution in [0, 0.1) is 5.41 Å². The first-order chi connectivity index (χ1) is 23.1. The number of alkyl carbamates (subject to hydrolysis) is 1. The van der Waals surface area contributed by atoms with Gasteiger partial charge < -0.3 is 29.2 Å². The van der Waals surface area contributed by atoms with Gasteiger partial charge in [0, 0.05) is 16.8 Å². The van der Waals surface area contributed by atoms with Crippen molar-refractivity contribution >= 4 is 47.3 Å². The minimum absolute atomic E-state index is 0.137. The number of nitrogens with zero attached hydrogens (tertiary/aromatic N) is 4. The number of allylic oxidation sites excluding steroid dienone is 2. The Morgan fingerprint density at radius 1 is 1.10 bits per heavy atom. The van der Waals surface area contributed by atoms with Gasteiger partial charge in [0.15, 0.2) is 12.8 Å². The lowest BCUT2D eigenvalue weighted by Crippen LogP contribution is -2.51. The normalized spacial score (nSPS) is 18.1. The number of guanidine groups is 1. The summed E-state index contributed by atoms with van der Waals surface area (Å²) in [5.74, 6) is -2.50. The molecule has 3 aliphatic rings. The highest BCUT2D eigenvalue weighted by atomic mass is 35.5. The molecule has 2 N–H and O–H groups in total. The van der Waals surface area contributed by atoms with E-state index >= 15 is 0 Å². The van der Waals surface area contributed by atoms with Crippen molar-refractivity contribution < 1.29 is 55.7 Å². The maximum Gasteiger partial charge on any atom is 0.424 e. The molecule has 3 heterocycles. The predicted molar refractivity (Wildman–Crippen MR) is 171 cm³/mol. The largest absolute Gasteiger partial charge is 0.482 e. The van der Waals surface area contributed by atoms with Crippen LogP contribution in [0.5, 0.6) is 5.75 Å². The van der Waals surface area contributed by atoms with E-state index in [2.05, 4.69) is 15.7 Å². The van der Waals surface area contributed by atoms with Gasteiger partial charge in [0.25, 0.3) is 5.91 Å². The van der Waals surface area contributed by atoms with E-state index in [1.165, 1.54) is 29.4 Å². The van der Waals surface area contributed by atoms with Gasteiger partial charge in [-0.15, -0.1) is 0 Å². The molecule has 274 valence electrons. The summed E-state index contributed by atoms with van der Waals surface area (Å²) in [5, 5.41) is 4.17. The van der Waals surface area contributed by atoms with Crippen molar-refractivity contribution in [2.45, 2.75) is 71.7 Å². The first-order valence-electron chi connectivity index (χ1n) is 15.2. The number of alkyl halides is 4. The second kappa shape index (κ2) is 14.6. The molecule has 0 saturated carbocycles. The van der Waals surface area contributed by atoms with Crippen molar-refractivity contribution in [2.24, 2.45) is 10.4 Å². The van der Waals surface area contributed by atoms with Crippen molar-refractivity contribution in [1.29, 1.82) is 0 Å². The lowest BCUT2D eigenvalue weighted by molar-refractivity contribution is -0.157. The number of esters is 1. The average molecular weight is 733 g/mol. The zero-order chi connectivity index (χ0) is 37.2. The van der Waals surface area contributed by atoms with Crippen LogP contribution in [0.4, 0.5) is 32.8 Å². The Morgan fingerprint density at radius 3 is 2.38 bits per heavy atom. The van der Waals surface area contributed by atoms with Gasteiger partial charge in [-0.05, 0) is 56.5 Å². The maximum atomic E-state index is 13.7. The molecule has 3 aliphatic heterocycles. The summed E-state index contributed by atoms with van der Waals surface area (Å²) in [6.45, 7) is 6.65. The van der Waals surface area contributed by atoms with Gasteiger partial charge in [0.1, 0.15) is 23.6 Å². The van der Waals surface area contributed by atoms with Crippen molar-refractivity contribution in [3.05, 3.63) is 47.1 Å². The van der Waals surface area contributed by atoms with E-state index < -0.39 is 78.8 Å². The molecule has 1 aromatic carbocycles. The van der Waals surface area contributed by atoms with E-state index in [1.54, 1.807) is 41.5 Å².